The number of aryl methyl sites for hydroxylation is 1. The molecular weight excluding hydrogens is 236 g/mol. The Balaban J connectivity index is 3.04. The molecule has 0 heterocycles. The van der Waals surface area contributed by atoms with Gasteiger partial charge in [-0.15, -0.1) is 0 Å². The van der Waals surface area contributed by atoms with Crippen LogP contribution in [0.25, 0.3) is 11.0 Å². The minimum atomic E-state index is -0.484. The fourth-order valence-corrected chi connectivity index (χ4v) is 2.24. The van der Waals surface area contributed by atoms with E-state index < -0.39 is 5.03 Å². The van der Waals surface area contributed by atoms with Crippen LogP contribution in [0, 0.1) is 17.0 Å². The molecule has 0 spiro atoms. The van der Waals surface area contributed by atoms with Crippen molar-refractivity contribution in [3.63, 3.8) is 0 Å². The first-order chi connectivity index (χ1) is 7.97. The number of nitro groups is 1. The van der Waals surface area contributed by atoms with E-state index >= 15 is 0 Å². The predicted molar refractivity (Wildman–Crippen MR) is 72.7 cm³/mol. The molecule has 0 fully saturated rings. The summed E-state index contributed by atoms with van der Waals surface area (Å²) < 4.78 is 0.932. The van der Waals surface area contributed by atoms with Gasteiger partial charge in [0.05, 0.1) is 19.0 Å². The van der Waals surface area contributed by atoms with Gasteiger partial charge in [0.2, 0.25) is 0 Å². The summed E-state index contributed by atoms with van der Waals surface area (Å²) in [4.78, 5) is 11.2. The molecule has 0 aliphatic rings. The molecule has 0 radical (unpaired) electrons. The van der Waals surface area contributed by atoms with Crippen LogP contribution < -0.4 is 0 Å². The quantitative estimate of drug-likeness (QED) is 0.456. The van der Waals surface area contributed by atoms with Gasteiger partial charge in [-0.25, -0.2) is 10.1 Å². The van der Waals surface area contributed by atoms with Crippen LogP contribution in [-0.2, 0) is 0 Å². The number of rotatable bonds is 5. The normalized spacial score (nSPS) is 9.76. The van der Waals surface area contributed by atoms with Gasteiger partial charge in [0.1, 0.15) is 0 Å². The van der Waals surface area contributed by atoms with Crippen LogP contribution >= 0.6 is 11.9 Å². The predicted octanol–water partition coefficient (Wildman–Crippen LogP) is 3.38. The van der Waals surface area contributed by atoms with Crippen molar-refractivity contribution >= 4 is 22.9 Å². The number of hydrogen-bond donors (Lipinski definition) is 0. The summed E-state index contributed by atoms with van der Waals surface area (Å²) in [5.74, 6) is 0. The average molecular weight is 250 g/mol. The second-order valence-corrected chi connectivity index (χ2v) is 4.66. The third kappa shape index (κ3) is 3.10. The Labute approximate surface area is 105 Å². The van der Waals surface area contributed by atoms with Gasteiger partial charge in [-0.3, -0.25) is 0 Å². The van der Waals surface area contributed by atoms with Crippen LogP contribution in [0.15, 0.2) is 31.4 Å². The fraction of sp³-hybridized carbons (Fsp3) is 0.167. The molecule has 0 aliphatic heterocycles. The van der Waals surface area contributed by atoms with Crippen molar-refractivity contribution in [2.24, 2.45) is 0 Å². The van der Waals surface area contributed by atoms with Crippen LogP contribution in [0.2, 0.25) is 0 Å². The Kier molecular flexibility index (Phi) is 4.34. The highest BCUT2D eigenvalue weighted by Gasteiger charge is 2.15. The van der Waals surface area contributed by atoms with Gasteiger partial charge < -0.3 is 0 Å². The van der Waals surface area contributed by atoms with Crippen molar-refractivity contribution in [1.29, 1.82) is 0 Å². The van der Waals surface area contributed by atoms with Gasteiger partial charge in [0.15, 0.2) is 5.03 Å². The number of benzene rings is 1. The van der Waals surface area contributed by atoms with Crippen LogP contribution in [0.1, 0.15) is 16.7 Å². The van der Waals surface area contributed by atoms with E-state index in [9.17, 15) is 10.1 Å². The van der Waals surface area contributed by atoms with Crippen molar-refractivity contribution in [1.82, 2.24) is 4.41 Å². The van der Waals surface area contributed by atoms with Gasteiger partial charge in [0, 0.05) is 4.91 Å². The smallest absolute Gasteiger partial charge is 0.171 e. The highest BCUT2D eigenvalue weighted by atomic mass is 32.2. The summed E-state index contributed by atoms with van der Waals surface area (Å²) in [5.41, 5.74) is 2.86. The second kappa shape index (κ2) is 5.54. The minimum Gasteiger partial charge on any atom is -0.234 e. The van der Waals surface area contributed by atoms with Crippen LogP contribution in [0.4, 0.5) is 0 Å². The van der Waals surface area contributed by atoms with Gasteiger partial charge in [-0.2, -0.15) is 0 Å². The van der Waals surface area contributed by atoms with Crippen molar-refractivity contribution < 1.29 is 5.03 Å². The van der Waals surface area contributed by atoms with Crippen molar-refractivity contribution in [2.75, 3.05) is 7.05 Å². The molecule has 1 aromatic carbocycles. The number of hydrogen-bond acceptors (Lipinski definition) is 3. The number of hydrazine groups is 1. The van der Waals surface area contributed by atoms with Gasteiger partial charge in [-0.05, 0) is 23.6 Å². The summed E-state index contributed by atoms with van der Waals surface area (Å²) >= 11 is 0.996. The highest BCUT2D eigenvalue weighted by Crippen LogP contribution is 2.32. The van der Waals surface area contributed by atoms with Gasteiger partial charge in [-0.1, -0.05) is 41.8 Å². The van der Waals surface area contributed by atoms with E-state index in [1.54, 1.807) is 6.08 Å². The molecule has 0 aromatic heterocycles. The second-order valence-electron chi connectivity index (χ2n) is 3.46. The topological polar surface area (TPSA) is 46.4 Å². The molecule has 0 unspecified atom stereocenters. The van der Waals surface area contributed by atoms with Gasteiger partial charge >= 0.3 is 0 Å². The van der Waals surface area contributed by atoms with E-state index in [0.717, 1.165) is 33.1 Å². The Hall–Kier alpha value is -1.75. The molecule has 17 heavy (non-hydrogen) atoms. The SMILES string of the molecule is C=Cc1cccc(C)c1C(=C)SN(C)[N+](=O)[O-]. The molecule has 5 heteroatoms. The molecule has 0 atom stereocenters. The summed E-state index contributed by atoms with van der Waals surface area (Å²) in [6.45, 7) is 9.56. The molecule has 1 aromatic rings. The zero-order valence-electron chi connectivity index (χ0n) is 9.84. The number of nitrogens with zero attached hydrogens (tertiary/aromatic N) is 2. The first-order valence-electron chi connectivity index (χ1n) is 4.94. The first-order valence-corrected chi connectivity index (χ1v) is 5.72. The first kappa shape index (κ1) is 13.3. The maximum absolute atomic E-state index is 10.6. The molecule has 4 nitrogen and oxygen atoms in total. The molecule has 0 saturated carbocycles. The highest BCUT2D eigenvalue weighted by molar-refractivity contribution is 8.06. The lowest BCUT2D eigenvalue weighted by Crippen LogP contribution is -2.17. The lowest BCUT2D eigenvalue weighted by atomic mass is 10.0. The van der Waals surface area contributed by atoms with Crippen molar-refractivity contribution in [3.05, 3.63) is 58.2 Å². The summed E-state index contributed by atoms with van der Waals surface area (Å²) in [5, 5.41) is 10.1. The van der Waals surface area contributed by atoms with Crippen LogP contribution in [0.3, 0.4) is 0 Å². The van der Waals surface area contributed by atoms with E-state index in [4.69, 9.17) is 0 Å². The molecule has 0 amide bonds. The lowest BCUT2D eigenvalue weighted by molar-refractivity contribution is -0.610. The Morgan fingerprint density at radius 2 is 2.24 bits per heavy atom. The molecule has 0 bridgehead atoms. The molecule has 1 rings (SSSR count). The van der Waals surface area contributed by atoms with E-state index in [2.05, 4.69) is 13.2 Å². The molecule has 0 saturated heterocycles. The largest absolute Gasteiger partial charge is 0.234 e. The third-order valence-electron chi connectivity index (χ3n) is 2.28. The lowest BCUT2D eigenvalue weighted by Gasteiger charge is -2.13. The summed E-state index contributed by atoms with van der Waals surface area (Å²) in [7, 11) is 1.39. The third-order valence-corrected chi connectivity index (χ3v) is 3.10. The standard InChI is InChI=1S/C12H14N2O2S/c1-5-11-8-6-7-9(2)12(11)10(3)17-13(4)14(15)16/h5-8H,1,3H2,2,4H3. The monoisotopic (exact) mass is 250 g/mol. The molecule has 90 valence electrons. The molecule has 0 aliphatic carbocycles. The summed E-state index contributed by atoms with van der Waals surface area (Å²) in [6, 6.07) is 5.78. The Morgan fingerprint density at radius 1 is 1.59 bits per heavy atom. The molecule has 0 N–H and O–H groups in total. The van der Waals surface area contributed by atoms with Crippen molar-refractivity contribution in [2.45, 2.75) is 6.92 Å². The van der Waals surface area contributed by atoms with Gasteiger partial charge in [0.25, 0.3) is 0 Å². The van der Waals surface area contributed by atoms with E-state index in [0.29, 0.717) is 4.91 Å². The van der Waals surface area contributed by atoms with Crippen LogP contribution in [-0.4, -0.2) is 16.5 Å². The maximum atomic E-state index is 10.6. The zero-order chi connectivity index (χ0) is 13.0. The van der Waals surface area contributed by atoms with E-state index in [1.165, 1.54) is 7.05 Å². The van der Waals surface area contributed by atoms with Crippen LogP contribution in [0.5, 0.6) is 0 Å². The maximum Gasteiger partial charge on any atom is 0.171 e. The average Bonchev–Trinajstić information content (AvgIpc) is 2.27. The summed E-state index contributed by atoms with van der Waals surface area (Å²) in [6.07, 6.45) is 1.72. The van der Waals surface area contributed by atoms with E-state index in [-0.39, 0.29) is 0 Å². The molecular formula is C12H14N2O2S. The van der Waals surface area contributed by atoms with Crippen molar-refractivity contribution in [3.8, 4) is 0 Å². The zero-order valence-corrected chi connectivity index (χ0v) is 10.7. The minimum absolute atomic E-state index is 0.484. The fourth-order valence-electron chi connectivity index (χ4n) is 1.48. The Bertz CT molecular complexity index is 472. The van der Waals surface area contributed by atoms with E-state index in [1.807, 2.05) is 25.1 Å². The Morgan fingerprint density at radius 3 is 2.76 bits per heavy atom.